The van der Waals surface area contributed by atoms with Crippen molar-refractivity contribution >= 4 is 27.0 Å². The number of hydrogen-bond donors (Lipinski definition) is 1. The summed E-state index contributed by atoms with van der Waals surface area (Å²) in [6.45, 7) is 3.29. The van der Waals surface area contributed by atoms with Crippen molar-refractivity contribution in [2.75, 3.05) is 13.6 Å². The molecule has 0 radical (unpaired) electrons. The Hall–Kier alpha value is -2.00. The lowest BCUT2D eigenvalue weighted by molar-refractivity contribution is -0.137. The van der Waals surface area contributed by atoms with Crippen LogP contribution in [-0.4, -0.2) is 52.4 Å². The van der Waals surface area contributed by atoms with Crippen LogP contribution in [0.25, 0.3) is 11.0 Å². The number of aliphatic carboxylic acids is 1. The van der Waals surface area contributed by atoms with Crippen molar-refractivity contribution in [3.8, 4) is 0 Å². The molecule has 2 rings (SSSR count). The summed E-state index contributed by atoms with van der Waals surface area (Å²) in [5.41, 5.74) is 1.18. The SMILES string of the molecule is CC(C)n1nnc2cc(S(=O)(=O)N(C)CC(=O)O)ccc21. The number of fused-ring (bicyclic) bond motifs is 1. The van der Waals surface area contributed by atoms with Crippen LogP contribution in [0, 0.1) is 0 Å². The Morgan fingerprint density at radius 2 is 2.10 bits per heavy atom. The Bertz CT molecular complexity index is 782. The molecule has 0 saturated heterocycles. The molecule has 1 N–H and O–H groups in total. The number of aromatic nitrogens is 3. The molecule has 0 aliphatic rings. The molecule has 1 aromatic heterocycles. The van der Waals surface area contributed by atoms with E-state index in [-0.39, 0.29) is 10.9 Å². The van der Waals surface area contributed by atoms with Crippen molar-refractivity contribution in [3.63, 3.8) is 0 Å². The number of carboxylic acid groups (broad SMARTS) is 1. The molecule has 0 fully saturated rings. The summed E-state index contributed by atoms with van der Waals surface area (Å²) in [4.78, 5) is 10.6. The third-order valence-electron chi connectivity index (χ3n) is 3.00. The highest BCUT2D eigenvalue weighted by Gasteiger charge is 2.23. The van der Waals surface area contributed by atoms with Gasteiger partial charge in [0.2, 0.25) is 10.0 Å². The second-order valence-electron chi connectivity index (χ2n) is 4.93. The number of likely N-dealkylation sites (N-methyl/N-ethyl adjacent to an activating group) is 1. The van der Waals surface area contributed by atoms with Gasteiger partial charge in [0.1, 0.15) is 12.1 Å². The predicted octanol–water partition coefficient (Wildman–Crippen LogP) is 0.717. The maximum atomic E-state index is 12.3. The summed E-state index contributed by atoms with van der Waals surface area (Å²) in [6.07, 6.45) is 0. The molecule has 114 valence electrons. The minimum absolute atomic E-state index is 0.00504. The maximum absolute atomic E-state index is 12.3. The Balaban J connectivity index is 2.46. The van der Waals surface area contributed by atoms with Crippen LogP contribution in [0.2, 0.25) is 0 Å². The highest BCUT2D eigenvalue weighted by atomic mass is 32.2. The smallest absolute Gasteiger partial charge is 0.318 e. The molecule has 21 heavy (non-hydrogen) atoms. The van der Waals surface area contributed by atoms with E-state index in [1.807, 2.05) is 13.8 Å². The molecule has 0 amide bonds. The first-order chi connectivity index (χ1) is 9.73. The van der Waals surface area contributed by atoms with Crippen LogP contribution in [0.3, 0.4) is 0 Å². The minimum Gasteiger partial charge on any atom is -0.480 e. The first-order valence-electron chi connectivity index (χ1n) is 6.26. The van der Waals surface area contributed by atoms with Gasteiger partial charge in [-0.15, -0.1) is 5.10 Å². The van der Waals surface area contributed by atoms with E-state index in [4.69, 9.17) is 5.11 Å². The van der Waals surface area contributed by atoms with Gasteiger partial charge in [-0.2, -0.15) is 4.31 Å². The Labute approximate surface area is 122 Å². The number of benzene rings is 1. The molecule has 2 aromatic rings. The van der Waals surface area contributed by atoms with Crippen molar-refractivity contribution in [1.29, 1.82) is 0 Å². The van der Waals surface area contributed by atoms with Gasteiger partial charge in [0.25, 0.3) is 0 Å². The molecule has 0 unspecified atom stereocenters. The highest BCUT2D eigenvalue weighted by molar-refractivity contribution is 7.89. The minimum atomic E-state index is -3.86. The van der Waals surface area contributed by atoms with Crippen molar-refractivity contribution in [2.45, 2.75) is 24.8 Å². The molecule has 0 atom stereocenters. The van der Waals surface area contributed by atoms with E-state index in [2.05, 4.69) is 10.3 Å². The van der Waals surface area contributed by atoms with E-state index >= 15 is 0 Å². The Morgan fingerprint density at radius 1 is 1.43 bits per heavy atom. The molecular formula is C12H16N4O4S. The van der Waals surface area contributed by atoms with Gasteiger partial charge in [0, 0.05) is 13.1 Å². The van der Waals surface area contributed by atoms with Crippen molar-refractivity contribution in [3.05, 3.63) is 18.2 Å². The van der Waals surface area contributed by atoms with Crippen LogP contribution in [0.15, 0.2) is 23.1 Å². The summed E-state index contributed by atoms with van der Waals surface area (Å²) in [6, 6.07) is 4.55. The highest BCUT2D eigenvalue weighted by Crippen LogP contribution is 2.21. The number of carbonyl (C=O) groups is 1. The third kappa shape index (κ3) is 2.88. The van der Waals surface area contributed by atoms with Gasteiger partial charge in [0.15, 0.2) is 0 Å². The lowest BCUT2D eigenvalue weighted by atomic mass is 10.3. The van der Waals surface area contributed by atoms with Crippen LogP contribution in [0.4, 0.5) is 0 Å². The van der Waals surface area contributed by atoms with Gasteiger partial charge in [-0.25, -0.2) is 13.1 Å². The molecule has 1 aromatic carbocycles. The summed E-state index contributed by atoms with van der Waals surface area (Å²) in [7, 11) is -2.64. The second-order valence-corrected chi connectivity index (χ2v) is 6.98. The van der Waals surface area contributed by atoms with E-state index in [0.29, 0.717) is 5.52 Å². The lowest BCUT2D eigenvalue weighted by Crippen LogP contribution is -2.32. The van der Waals surface area contributed by atoms with Crippen molar-refractivity contribution in [1.82, 2.24) is 19.3 Å². The predicted molar refractivity (Wildman–Crippen MR) is 75.4 cm³/mol. The fraction of sp³-hybridized carbons (Fsp3) is 0.417. The Morgan fingerprint density at radius 3 is 2.67 bits per heavy atom. The number of carboxylic acids is 1. The second kappa shape index (κ2) is 5.41. The largest absolute Gasteiger partial charge is 0.480 e. The average molecular weight is 312 g/mol. The van der Waals surface area contributed by atoms with Crippen LogP contribution in [0.5, 0.6) is 0 Å². The standard InChI is InChI=1S/C12H16N4O4S/c1-8(2)16-11-5-4-9(6-10(11)13-14-16)21(19,20)15(3)7-12(17)18/h4-6,8H,7H2,1-3H3,(H,17,18). The molecular weight excluding hydrogens is 296 g/mol. The zero-order chi connectivity index (χ0) is 15.8. The number of sulfonamides is 1. The molecule has 9 heteroatoms. The fourth-order valence-corrected chi connectivity index (χ4v) is 3.06. The van der Waals surface area contributed by atoms with Crippen LogP contribution < -0.4 is 0 Å². The topological polar surface area (TPSA) is 105 Å². The van der Waals surface area contributed by atoms with Gasteiger partial charge in [0.05, 0.1) is 10.4 Å². The van der Waals surface area contributed by atoms with Gasteiger partial charge in [-0.1, -0.05) is 5.21 Å². The van der Waals surface area contributed by atoms with E-state index < -0.39 is 22.5 Å². The van der Waals surface area contributed by atoms with E-state index in [9.17, 15) is 13.2 Å². The monoisotopic (exact) mass is 312 g/mol. The third-order valence-corrected chi connectivity index (χ3v) is 4.80. The first-order valence-corrected chi connectivity index (χ1v) is 7.70. The molecule has 0 saturated carbocycles. The van der Waals surface area contributed by atoms with E-state index in [1.165, 1.54) is 19.2 Å². The summed E-state index contributed by atoms with van der Waals surface area (Å²) in [5, 5.41) is 16.6. The lowest BCUT2D eigenvalue weighted by Gasteiger charge is -2.14. The number of rotatable bonds is 5. The van der Waals surface area contributed by atoms with Gasteiger partial charge >= 0.3 is 5.97 Å². The first kappa shape index (κ1) is 15.4. The zero-order valence-corrected chi connectivity index (χ0v) is 12.7. The van der Waals surface area contributed by atoms with Crippen molar-refractivity contribution in [2.24, 2.45) is 0 Å². The van der Waals surface area contributed by atoms with Crippen LogP contribution in [0.1, 0.15) is 19.9 Å². The van der Waals surface area contributed by atoms with E-state index in [0.717, 1.165) is 9.82 Å². The van der Waals surface area contributed by atoms with Crippen molar-refractivity contribution < 1.29 is 18.3 Å². The summed E-state index contributed by atoms with van der Waals surface area (Å²) >= 11 is 0. The van der Waals surface area contributed by atoms with Gasteiger partial charge < -0.3 is 5.11 Å². The molecule has 8 nitrogen and oxygen atoms in total. The quantitative estimate of drug-likeness (QED) is 0.872. The summed E-state index contributed by atoms with van der Waals surface area (Å²) in [5.74, 6) is -1.21. The maximum Gasteiger partial charge on any atom is 0.318 e. The molecule has 0 aliphatic heterocycles. The number of hydrogen-bond acceptors (Lipinski definition) is 5. The Kier molecular flexibility index (Phi) is 3.97. The summed E-state index contributed by atoms with van der Waals surface area (Å²) < 4.78 is 27.0. The molecule has 0 spiro atoms. The molecule has 1 heterocycles. The molecule has 0 bridgehead atoms. The zero-order valence-electron chi connectivity index (χ0n) is 11.9. The number of nitrogens with zero attached hydrogens (tertiary/aromatic N) is 4. The van der Waals surface area contributed by atoms with Crippen LogP contribution >= 0.6 is 0 Å². The average Bonchev–Trinajstić information content (AvgIpc) is 2.80. The fourth-order valence-electron chi connectivity index (χ4n) is 1.92. The van der Waals surface area contributed by atoms with Gasteiger partial charge in [-0.05, 0) is 32.0 Å². The molecule has 0 aliphatic carbocycles. The normalized spacial score (nSPS) is 12.4. The van der Waals surface area contributed by atoms with E-state index in [1.54, 1.807) is 10.7 Å². The van der Waals surface area contributed by atoms with Gasteiger partial charge in [-0.3, -0.25) is 4.79 Å². The van der Waals surface area contributed by atoms with Crippen LogP contribution in [-0.2, 0) is 14.8 Å².